The molecule has 7 heteroatoms. The van der Waals surface area contributed by atoms with Crippen LogP contribution >= 0.6 is 0 Å². The van der Waals surface area contributed by atoms with E-state index in [0.29, 0.717) is 28.1 Å². The highest BCUT2D eigenvalue weighted by molar-refractivity contribution is 5.92. The molecule has 0 bridgehead atoms. The normalized spacial score (nSPS) is 11.3. The number of nitrogens with zero attached hydrogens (tertiary/aromatic N) is 3. The van der Waals surface area contributed by atoms with Gasteiger partial charge in [0, 0.05) is 16.9 Å². The van der Waals surface area contributed by atoms with E-state index in [1.165, 1.54) is 10.7 Å². The SMILES string of the molecule is Cc1cccc(NC(=O)Cn2nc(C)c3c(C(F)F)cc(C)nc32)c1. The van der Waals surface area contributed by atoms with Gasteiger partial charge in [0.25, 0.3) is 6.43 Å². The molecule has 0 radical (unpaired) electrons. The number of halogens is 2. The minimum atomic E-state index is -2.62. The first kappa shape index (κ1) is 17.0. The van der Waals surface area contributed by atoms with Crippen molar-refractivity contribution in [2.24, 2.45) is 0 Å². The number of anilines is 1. The fourth-order valence-electron chi connectivity index (χ4n) is 2.86. The summed E-state index contributed by atoms with van der Waals surface area (Å²) in [5, 5.41) is 7.32. The van der Waals surface area contributed by atoms with Crippen LogP contribution in [0.25, 0.3) is 11.0 Å². The molecule has 0 saturated heterocycles. The van der Waals surface area contributed by atoms with Gasteiger partial charge in [0.2, 0.25) is 5.91 Å². The molecule has 0 atom stereocenters. The van der Waals surface area contributed by atoms with Crippen LogP contribution in [0.3, 0.4) is 0 Å². The highest BCUT2D eigenvalue weighted by atomic mass is 19.3. The molecule has 1 aromatic carbocycles. The summed E-state index contributed by atoms with van der Waals surface area (Å²) < 4.78 is 28.0. The van der Waals surface area contributed by atoms with Crippen LogP contribution in [0.15, 0.2) is 30.3 Å². The van der Waals surface area contributed by atoms with Crippen LogP contribution in [0.2, 0.25) is 0 Å². The van der Waals surface area contributed by atoms with Crippen molar-refractivity contribution in [2.75, 3.05) is 5.32 Å². The number of carbonyl (C=O) groups is 1. The lowest BCUT2D eigenvalue weighted by Crippen LogP contribution is -2.20. The summed E-state index contributed by atoms with van der Waals surface area (Å²) in [4.78, 5) is 16.6. The van der Waals surface area contributed by atoms with E-state index in [0.717, 1.165) is 5.56 Å². The Labute approximate surface area is 143 Å². The summed E-state index contributed by atoms with van der Waals surface area (Å²) >= 11 is 0. The predicted molar refractivity (Wildman–Crippen MR) is 91.8 cm³/mol. The molecule has 2 heterocycles. The summed E-state index contributed by atoms with van der Waals surface area (Å²) in [7, 11) is 0. The van der Waals surface area contributed by atoms with Crippen molar-refractivity contribution < 1.29 is 13.6 Å². The van der Waals surface area contributed by atoms with Gasteiger partial charge >= 0.3 is 0 Å². The first-order valence-electron chi connectivity index (χ1n) is 7.84. The molecule has 0 unspecified atom stereocenters. The zero-order chi connectivity index (χ0) is 18.1. The van der Waals surface area contributed by atoms with Crippen molar-refractivity contribution in [2.45, 2.75) is 33.7 Å². The molecule has 25 heavy (non-hydrogen) atoms. The van der Waals surface area contributed by atoms with E-state index in [2.05, 4.69) is 15.4 Å². The van der Waals surface area contributed by atoms with E-state index >= 15 is 0 Å². The zero-order valence-electron chi connectivity index (χ0n) is 14.2. The summed E-state index contributed by atoms with van der Waals surface area (Å²) in [5.74, 6) is -0.295. The Bertz CT molecular complexity index is 950. The highest BCUT2D eigenvalue weighted by Crippen LogP contribution is 2.29. The third-order valence-corrected chi connectivity index (χ3v) is 3.87. The van der Waals surface area contributed by atoms with Crippen LogP contribution in [0, 0.1) is 20.8 Å². The van der Waals surface area contributed by atoms with E-state index in [9.17, 15) is 13.6 Å². The fraction of sp³-hybridized carbons (Fsp3) is 0.278. The van der Waals surface area contributed by atoms with Crippen LogP contribution < -0.4 is 5.32 Å². The number of carbonyl (C=O) groups excluding carboxylic acids is 1. The number of hydrogen-bond acceptors (Lipinski definition) is 3. The van der Waals surface area contributed by atoms with Crippen molar-refractivity contribution in [1.82, 2.24) is 14.8 Å². The lowest BCUT2D eigenvalue weighted by Gasteiger charge is -2.08. The Kier molecular flexibility index (Phi) is 4.48. The second-order valence-corrected chi connectivity index (χ2v) is 6.01. The molecule has 0 aliphatic heterocycles. The van der Waals surface area contributed by atoms with Gasteiger partial charge in [0.1, 0.15) is 6.54 Å². The first-order chi connectivity index (χ1) is 11.8. The number of hydrogen-bond donors (Lipinski definition) is 1. The summed E-state index contributed by atoms with van der Waals surface area (Å²) in [5.41, 5.74) is 2.79. The maximum atomic E-state index is 13.3. The minimum absolute atomic E-state index is 0.0998. The Hall–Kier alpha value is -2.83. The topological polar surface area (TPSA) is 59.8 Å². The number of amides is 1. The van der Waals surface area contributed by atoms with Crippen LogP contribution in [0.4, 0.5) is 14.5 Å². The fourth-order valence-corrected chi connectivity index (χ4v) is 2.86. The molecule has 130 valence electrons. The highest BCUT2D eigenvalue weighted by Gasteiger charge is 2.20. The molecule has 5 nitrogen and oxygen atoms in total. The monoisotopic (exact) mass is 344 g/mol. The largest absolute Gasteiger partial charge is 0.324 e. The average Bonchev–Trinajstić information content (AvgIpc) is 2.82. The summed E-state index contributed by atoms with van der Waals surface area (Å²) in [6, 6.07) is 8.77. The zero-order valence-corrected chi connectivity index (χ0v) is 14.2. The number of pyridine rings is 1. The molecule has 0 aliphatic carbocycles. The number of fused-ring (bicyclic) bond motifs is 1. The minimum Gasteiger partial charge on any atom is -0.324 e. The van der Waals surface area contributed by atoms with Crippen molar-refractivity contribution >= 4 is 22.6 Å². The third kappa shape index (κ3) is 3.50. The van der Waals surface area contributed by atoms with E-state index in [-0.39, 0.29) is 18.0 Å². The van der Waals surface area contributed by atoms with Gasteiger partial charge in [-0.2, -0.15) is 5.10 Å². The molecule has 0 saturated carbocycles. The van der Waals surface area contributed by atoms with Crippen molar-refractivity contribution in [1.29, 1.82) is 0 Å². The third-order valence-electron chi connectivity index (χ3n) is 3.87. The van der Waals surface area contributed by atoms with E-state index in [1.54, 1.807) is 19.9 Å². The number of benzene rings is 1. The van der Waals surface area contributed by atoms with Gasteiger partial charge in [-0.05, 0) is 44.5 Å². The van der Waals surface area contributed by atoms with Gasteiger partial charge in [-0.15, -0.1) is 0 Å². The van der Waals surface area contributed by atoms with E-state index < -0.39 is 6.43 Å². The van der Waals surface area contributed by atoms with Crippen LogP contribution in [0.5, 0.6) is 0 Å². The molecule has 0 fully saturated rings. The van der Waals surface area contributed by atoms with Gasteiger partial charge in [-0.1, -0.05) is 12.1 Å². The number of aryl methyl sites for hydroxylation is 3. The van der Waals surface area contributed by atoms with E-state index in [4.69, 9.17) is 0 Å². The number of nitrogens with one attached hydrogen (secondary N) is 1. The first-order valence-corrected chi connectivity index (χ1v) is 7.84. The van der Waals surface area contributed by atoms with Crippen molar-refractivity contribution in [3.05, 3.63) is 52.8 Å². The standard InChI is InChI=1S/C18H18F2N4O/c1-10-5-4-6-13(7-10)22-15(25)9-24-18-16(12(3)23-24)14(17(19)20)8-11(2)21-18/h4-8,17H,9H2,1-3H3,(H,22,25). The van der Waals surface area contributed by atoms with Crippen molar-refractivity contribution in [3.8, 4) is 0 Å². The molecule has 0 spiro atoms. The Morgan fingerprint density at radius 1 is 1.24 bits per heavy atom. The molecule has 0 aliphatic rings. The number of aromatic nitrogens is 3. The van der Waals surface area contributed by atoms with Gasteiger partial charge in [0.15, 0.2) is 5.65 Å². The average molecular weight is 344 g/mol. The number of alkyl halides is 2. The second-order valence-electron chi connectivity index (χ2n) is 6.01. The lowest BCUT2D eigenvalue weighted by atomic mass is 10.1. The Balaban J connectivity index is 1.92. The Morgan fingerprint density at radius 3 is 2.68 bits per heavy atom. The second kappa shape index (κ2) is 6.58. The molecule has 3 aromatic rings. The lowest BCUT2D eigenvalue weighted by molar-refractivity contribution is -0.116. The van der Waals surface area contributed by atoms with Gasteiger partial charge in [0.05, 0.1) is 11.1 Å². The smallest absolute Gasteiger partial charge is 0.264 e. The van der Waals surface area contributed by atoms with Crippen molar-refractivity contribution in [3.63, 3.8) is 0 Å². The van der Waals surface area contributed by atoms with Crippen LogP contribution in [-0.4, -0.2) is 20.7 Å². The maximum absolute atomic E-state index is 13.3. The quantitative estimate of drug-likeness (QED) is 0.780. The summed E-state index contributed by atoms with van der Waals surface area (Å²) in [6.07, 6.45) is -2.62. The van der Waals surface area contributed by atoms with Gasteiger partial charge < -0.3 is 5.32 Å². The molecule has 2 aromatic heterocycles. The maximum Gasteiger partial charge on any atom is 0.264 e. The van der Waals surface area contributed by atoms with Crippen LogP contribution in [0.1, 0.15) is 28.9 Å². The van der Waals surface area contributed by atoms with E-state index in [1.807, 2.05) is 25.1 Å². The van der Waals surface area contributed by atoms with Gasteiger partial charge in [-0.25, -0.2) is 18.4 Å². The Morgan fingerprint density at radius 2 is 2.00 bits per heavy atom. The molecular formula is C18H18F2N4O. The van der Waals surface area contributed by atoms with Crippen LogP contribution in [-0.2, 0) is 11.3 Å². The predicted octanol–water partition coefficient (Wildman–Crippen LogP) is 3.93. The molecule has 3 rings (SSSR count). The molecule has 1 amide bonds. The molecular weight excluding hydrogens is 326 g/mol. The number of rotatable bonds is 4. The van der Waals surface area contributed by atoms with Gasteiger partial charge in [-0.3, -0.25) is 4.79 Å². The summed E-state index contributed by atoms with van der Waals surface area (Å²) in [6.45, 7) is 5.11. The molecule has 1 N–H and O–H groups in total.